The van der Waals surface area contributed by atoms with Crippen LogP contribution in [0.5, 0.6) is 0 Å². The van der Waals surface area contributed by atoms with Crippen molar-refractivity contribution in [2.75, 3.05) is 7.11 Å². The third-order valence-electron chi connectivity index (χ3n) is 1.33. The normalized spacial score (nSPS) is 8.64. The van der Waals surface area contributed by atoms with Crippen molar-refractivity contribution in [3.63, 3.8) is 0 Å². The molecule has 0 aliphatic heterocycles. The summed E-state index contributed by atoms with van der Waals surface area (Å²) in [5, 5.41) is 0. The minimum absolute atomic E-state index is 0. The van der Waals surface area contributed by atoms with Crippen LogP contribution >= 0.6 is 0 Å². The van der Waals surface area contributed by atoms with Crippen molar-refractivity contribution in [3.8, 4) is 0 Å². The Balaban J connectivity index is 0.000001000. The standard InChI is InChI=1S/C8H12NO.HI/c1-7-4-8(2)6-9(5-7)10-3;/h4-6H,1-3H3;1H/q+1;/p-1. The van der Waals surface area contributed by atoms with Gasteiger partial charge in [-0.1, -0.05) is 0 Å². The number of aromatic nitrogens is 1. The molecular weight excluding hydrogens is 253 g/mol. The van der Waals surface area contributed by atoms with Crippen LogP contribution in [0, 0.1) is 13.8 Å². The molecule has 2 nitrogen and oxygen atoms in total. The van der Waals surface area contributed by atoms with E-state index in [4.69, 9.17) is 4.84 Å². The number of hydrogen-bond acceptors (Lipinski definition) is 1. The lowest BCUT2D eigenvalue weighted by Gasteiger charge is -1.93. The Labute approximate surface area is 84.2 Å². The van der Waals surface area contributed by atoms with Crippen molar-refractivity contribution in [2.45, 2.75) is 13.8 Å². The summed E-state index contributed by atoms with van der Waals surface area (Å²) in [6.07, 6.45) is 3.88. The lowest BCUT2D eigenvalue weighted by atomic mass is 10.2. The fourth-order valence-corrected chi connectivity index (χ4v) is 0.978. The molecule has 1 heterocycles. The third-order valence-corrected chi connectivity index (χ3v) is 1.33. The SMILES string of the molecule is CO[n+]1cc(C)cc(C)c1.[I-]. The van der Waals surface area contributed by atoms with Crippen LogP contribution in [0.2, 0.25) is 0 Å². The Hall–Kier alpha value is -0.320. The Morgan fingerprint density at radius 3 is 2.00 bits per heavy atom. The van der Waals surface area contributed by atoms with Gasteiger partial charge in [0.25, 0.3) is 0 Å². The van der Waals surface area contributed by atoms with Gasteiger partial charge >= 0.3 is 0 Å². The fourth-order valence-electron chi connectivity index (χ4n) is 0.978. The van der Waals surface area contributed by atoms with Crippen LogP contribution in [0.4, 0.5) is 0 Å². The zero-order chi connectivity index (χ0) is 7.56. The minimum Gasteiger partial charge on any atom is -1.00 e. The first kappa shape index (κ1) is 10.7. The Bertz CT molecular complexity index is 217. The summed E-state index contributed by atoms with van der Waals surface area (Å²) >= 11 is 0. The van der Waals surface area contributed by atoms with E-state index in [1.807, 2.05) is 26.2 Å². The third kappa shape index (κ3) is 3.05. The van der Waals surface area contributed by atoms with Crippen LogP contribution in [0.1, 0.15) is 11.1 Å². The molecule has 62 valence electrons. The van der Waals surface area contributed by atoms with Gasteiger partial charge in [-0.05, 0) is 19.9 Å². The second kappa shape index (κ2) is 4.54. The van der Waals surface area contributed by atoms with Crippen molar-refractivity contribution in [2.24, 2.45) is 0 Å². The maximum absolute atomic E-state index is 4.99. The highest BCUT2D eigenvalue weighted by atomic mass is 127. The van der Waals surface area contributed by atoms with Gasteiger partial charge in [-0.15, -0.1) is 0 Å². The highest BCUT2D eigenvalue weighted by Crippen LogP contribution is 1.95. The Morgan fingerprint density at radius 1 is 1.18 bits per heavy atom. The Morgan fingerprint density at radius 2 is 1.64 bits per heavy atom. The predicted molar refractivity (Wildman–Crippen MR) is 38.6 cm³/mol. The van der Waals surface area contributed by atoms with Crippen molar-refractivity contribution >= 4 is 0 Å². The average Bonchev–Trinajstić information content (AvgIpc) is 1.85. The number of aryl methyl sites for hydroxylation is 2. The highest BCUT2D eigenvalue weighted by Gasteiger charge is 1.99. The summed E-state index contributed by atoms with van der Waals surface area (Å²) in [5.74, 6) is 0. The quantitative estimate of drug-likeness (QED) is 0.409. The number of hydrogen-bond donors (Lipinski definition) is 0. The number of pyridine rings is 1. The van der Waals surface area contributed by atoms with Gasteiger partial charge in [0.2, 0.25) is 12.4 Å². The smallest absolute Gasteiger partial charge is 0.225 e. The molecule has 0 aliphatic rings. The van der Waals surface area contributed by atoms with Crippen molar-refractivity contribution in [3.05, 3.63) is 29.6 Å². The van der Waals surface area contributed by atoms with E-state index in [1.165, 1.54) is 11.1 Å². The first-order valence-corrected chi connectivity index (χ1v) is 3.26. The van der Waals surface area contributed by atoms with Crippen LogP contribution in [0.15, 0.2) is 18.5 Å². The summed E-state index contributed by atoms with van der Waals surface area (Å²) < 4.78 is 1.70. The molecule has 0 aromatic carbocycles. The van der Waals surface area contributed by atoms with Crippen molar-refractivity contribution < 1.29 is 33.5 Å². The molecular formula is C8H12INO. The second-order valence-corrected chi connectivity index (χ2v) is 2.43. The molecule has 0 saturated carbocycles. The lowest BCUT2D eigenvalue weighted by molar-refractivity contribution is -0.886. The van der Waals surface area contributed by atoms with E-state index in [0.29, 0.717) is 0 Å². The number of rotatable bonds is 1. The summed E-state index contributed by atoms with van der Waals surface area (Å²) in [5.41, 5.74) is 2.42. The van der Waals surface area contributed by atoms with Crippen LogP contribution in [-0.4, -0.2) is 7.11 Å². The summed E-state index contributed by atoms with van der Waals surface area (Å²) in [7, 11) is 1.65. The van der Waals surface area contributed by atoms with Gasteiger partial charge in [-0.2, -0.15) is 0 Å². The van der Waals surface area contributed by atoms with Crippen LogP contribution in [0.3, 0.4) is 0 Å². The Kier molecular flexibility index (Phi) is 4.40. The van der Waals surface area contributed by atoms with E-state index < -0.39 is 0 Å². The second-order valence-electron chi connectivity index (χ2n) is 2.43. The molecule has 0 N–H and O–H groups in total. The van der Waals surface area contributed by atoms with Crippen LogP contribution in [-0.2, 0) is 0 Å². The molecule has 0 spiro atoms. The molecule has 0 radical (unpaired) electrons. The van der Waals surface area contributed by atoms with Gasteiger partial charge in [-0.3, -0.25) is 4.84 Å². The zero-order valence-electron chi connectivity index (χ0n) is 6.97. The molecule has 1 rings (SSSR count). The molecule has 0 atom stereocenters. The zero-order valence-corrected chi connectivity index (χ0v) is 9.12. The summed E-state index contributed by atoms with van der Waals surface area (Å²) in [6.45, 7) is 4.09. The van der Waals surface area contributed by atoms with Gasteiger partial charge in [-0.25, -0.2) is 0 Å². The highest BCUT2D eigenvalue weighted by molar-refractivity contribution is 5.11. The molecule has 11 heavy (non-hydrogen) atoms. The molecule has 1 aromatic heterocycles. The first-order valence-electron chi connectivity index (χ1n) is 3.26. The predicted octanol–water partition coefficient (Wildman–Crippen LogP) is -2.35. The van der Waals surface area contributed by atoms with Gasteiger partial charge in [0.1, 0.15) is 7.11 Å². The molecule has 0 fully saturated rings. The summed E-state index contributed by atoms with van der Waals surface area (Å²) in [4.78, 5) is 4.99. The van der Waals surface area contributed by atoms with E-state index in [-0.39, 0.29) is 24.0 Å². The topological polar surface area (TPSA) is 13.1 Å². The van der Waals surface area contributed by atoms with Crippen molar-refractivity contribution in [1.29, 1.82) is 0 Å². The maximum atomic E-state index is 4.99. The monoisotopic (exact) mass is 265 g/mol. The molecule has 1 aromatic rings. The molecule has 0 saturated heterocycles. The van der Waals surface area contributed by atoms with Gasteiger partial charge < -0.3 is 24.0 Å². The van der Waals surface area contributed by atoms with Crippen LogP contribution < -0.4 is 33.5 Å². The molecule has 0 unspecified atom stereocenters. The molecule has 0 bridgehead atoms. The van der Waals surface area contributed by atoms with Gasteiger partial charge in [0.15, 0.2) is 0 Å². The van der Waals surface area contributed by atoms with E-state index >= 15 is 0 Å². The van der Waals surface area contributed by atoms with Gasteiger partial charge in [0.05, 0.1) is 0 Å². The van der Waals surface area contributed by atoms with Crippen LogP contribution in [0.25, 0.3) is 0 Å². The van der Waals surface area contributed by atoms with E-state index in [9.17, 15) is 0 Å². The lowest BCUT2D eigenvalue weighted by Crippen LogP contribution is -3.00. The average molecular weight is 265 g/mol. The number of halogens is 1. The van der Waals surface area contributed by atoms with Crippen molar-refractivity contribution in [1.82, 2.24) is 0 Å². The fraction of sp³-hybridized carbons (Fsp3) is 0.375. The first-order chi connectivity index (χ1) is 4.72. The van der Waals surface area contributed by atoms with E-state index in [0.717, 1.165) is 0 Å². The van der Waals surface area contributed by atoms with E-state index in [1.54, 1.807) is 11.8 Å². The number of nitrogens with zero attached hydrogens (tertiary/aromatic N) is 1. The van der Waals surface area contributed by atoms with Gasteiger partial charge in [0, 0.05) is 15.9 Å². The molecule has 3 heteroatoms. The van der Waals surface area contributed by atoms with E-state index in [2.05, 4.69) is 6.07 Å². The largest absolute Gasteiger partial charge is 1.00 e. The maximum Gasteiger partial charge on any atom is 0.225 e. The minimum atomic E-state index is 0. The molecule has 0 aliphatic carbocycles. The summed E-state index contributed by atoms with van der Waals surface area (Å²) in [6, 6.07) is 2.11. The molecule has 0 amide bonds.